The van der Waals surface area contributed by atoms with Gasteiger partial charge in [-0.25, -0.2) is 13.8 Å². The number of anilines is 1. The summed E-state index contributed by atoms with van der Waals surface area (Å²) in [7, 11) is 3.96. The molecular weight excluding hydrogens is 598 g/mol. The number of hydrogen-bond donors (Lipinski definition) is 4. The number of benzene rings is 2. The largest absolute Gasteiger partial charge is 0.384 e. The summed E-state index contributed by atoms with van der Waals surface area (Å²) in [6.07, 6.45) is 8.18. The highest BCUT2D eigenvalue weighted by Gasteiger charge is 2.22. The first kappa shape index (κ1) is 30.1. The Balaban J connectivity index is 1.20. The van der Waals surface area contributed by atoms with E-state index in [2.05, 4.69) is 52.9 Å². The van der Waals surface area contributed by atoms with Gasteiger partial charge >= 0.3 is 0 Å². The maximum atomic E-state index is 16.3. The normalized spacial score (nSPS) is 11.6. The van der Waals surface area contributed by atoms with Crippen molar-refractivity contribution in [2.75, 3.05) is 32.5 Å². The van der Waals surface area contributed by atoms with Crippen molar-refractivity contribution in [3.63, 3.8) is 0 Å². The fourth-order valence-electron chi connectivity index (χ4n) is 5.54. The predicted molar refractivity (Wildman–Crippen MR) is 179 cm³/mol. The molecule has 0 fully saturated rings. The number of nitrogens with zero attached hydrogens (tertiary/aromatic N) is 6. The number of H-pyrrole nitrogens is 2. The van der Waals surface area contributed by atoms with Crippen molar-refractivity contribution in [1.82, 2.24) is 45.3 Å². The Morgan fingerprint density at radius 3 is 2.49 bits per heavy atom. The van der Waals surface area contributed by atoms with Crippen LogP contribution < -0.4 is 10.6 Å². The van der Waals surface area contributed by atoms with E-state index in [1.807, 2.05) is 49.3 Å². The molecule has 0 unspecified atom stereocenters. The zero-order chi connectivity index (χ0) is 32.3. The Morgan fingerprint density at radius 1 is 0.809 bits per heavy atom. The van der Waals surface area contributed by atoms with Gasteiger partial charge in [0.15, 0.2) is 11.6 Å². The molecule has 5 aromatic heterocycles. The highest BCUT2D eigenvalue weighted by atomic mass is 19.1. The van der Waals surface area contributed by atoms with Crippen LogP contribution >= 0.6 is 0 Å². The molecule has 4 N–H and O–H groups in total. The van der Waals surface area contributed by atoms with Gasteiger partial charge in [0.1, 0.15) is 17.2 Å². The predicted octanol–water partition coefficient (Wildman–Crippen LogP) is 6.17. The number of pyridine rings is 3. The molecule has 0 saturated carbocycles. The summed E-state index contributed by atoms with van der Waals surface area (Å²) in [6.45, 7) is 2.71. The van der Waals surface area contributed by atoms with Gasteiger partial charge in [-0.15, -0.1) is 0 Å². The summed E-state index contributed by atoms with van der Waals surface area (Å²) in [5, 5.41) is 14.2. The number of halogens is 2. The van der Waals surface area contributed by atoms with E-state index in [4.69, 9.17) is 4.98 Å². The van der Waals surface area contributed by atoms with E-state index < -0.39 is 5.82 Å². The quantitative estimate of drug-likeness (QED) is 0.134. The third-order valence-corrected chi connectivity index (χ3v) is 7.83. The summed E-state index contributed by atoms with van der Waals surface area (Å²) in [4.78, 5) is 23.2. The lowest BCUT2D eigenvalue weighted by Gasteiger charge is -2.12. The Morgan fingerprint density at radius 2 is 1.64 bits per heavy atom. The van der Waals surface area contributed by atoms with Crippen LogP contribution in [0, 0.1) is 11.6 Å². The van der Waals surface area contributed by atoms with E-state index in [-0.39, 0.29) is 16.9 Å². The molecule has 7 rings (SSSR count). The van der Waals surface area contributed by atoms with E-state index >= 15 is 4.39 Å². The first-order valence-corrected chi connectivity index (χ1v) is 15.2. The molecule has 2 aromatic carbocycles. The van der Waals surface area contributed by atoms with Crippen LogP contribution in [0.5, 0.6) is 0 Å². The van der Waals surface area contributed by atoms with Crippen molar-refractivity contribution in [2.24, 2.45) is 0 Å². The molecule has 12 heteroatoms. The summed E-state index contributed by atoms with van der Waals surface area (Å²) in [5.41, 5.74) is 6.56. The minimum Gasteiger partial charge on any atom is -0.384 e. The summed E-state index contributed by atoms with van der Waals surface area (Å²) in [5.74, 6) is -0.581. The van der Waals surface area contributed by atoms with Gasteiger partial charge in [-0.1, -0.05) is 30.3 Å². The van der Waals surface area contributed by atoms with Crippen LogP contribution in [0.4, 0.5) is 14.5 Å². The van der Waals surface area contributed by atoms with Crippen molar-refractivity contribution in [1.29, 1.82) is 0 Å². The smallest absolute Gasteiger partial charge is 0.161 e. The van der Waals surface area contributed by atoms with Crippen molar-refractivity contribution < 1.29 is 8.78 Å². The molecule has 0 aliphatic carbocycles. The van der Waals surface area contributed by atoms with Gasteiger partial charge in [0.05, 0.1) is 34.3 Å². The van der Waals surface area contributed by atoms with Crippen LogP contribution in [0.3, 0.4) is 0 Å². The lowest BCUT2D eigenvalue weighted by atomic mass is 10.1. The third-order valence-electron chi connectivity index (χ3n) is 7.83. The number of likely N-dealkylation sites (N-methyl/N-ethyl adjacent to an activating group) is 1. The summed E-state index contributed by atoms with van der Waals surface area (Å²) in [6, 6.07) is 16.7. The highest BCUT2D eigenvalue weighted by Crippen LogP contribution is 2.35. The van der Waals surface area contributed by atoms with Gasteiger partial charge in [0.25, 0.3) is 0 Å². The lowest BCUT2D eigenvalue weighted by molar-refractivity contribution is 0.425. The number of fused-ring (bicyclic) bond motifs is 2. The Hall–Kier alpha value is -5.59. The molecule has 10 nitrogen and oxygen atoms in total. The summed E-state index contributed by atoms with van der Waals surface area (Å²) < 4.78 is 31.0. The maximum Gasteiger partial charge on any atom is 0.161 e. The van der Waals surface area contributed by atoms with Crippen LogP contribution in [0.2, 0.25) is 0 Å². The fourth-order valence-corrected chi connectivity index (χ4v) is 5.54. The Labute approximate surface area is 269 Å². The van der Waals surface area contributed by atoms with Crippen molar-refractivity contribution in [2.45, 2.75) is 13.1 Å². The standard InChI is InChI=1S/C35H32F2N10/c1-47(2)9-8-41-26-12-23(11-25(36)13-26)27-18-40-19-29-33(27)44-35(43-29)34-30-28(45-46-34)20-42-32(31(30)37)24-10-22(16-39-17-24)15-38-14-21-6-4-3-5-7-21/h3-7,10-13,16-20,38,41H,8-9,14-15H2,1-2H3,(H,43,44)(H,45,46). The molecule has 0 saturated heterocycles. The number of rotatable bonds is 11. The van der Waals surface area contributed by atoms with E-state index in [0.717, 1.165) is 12.1 Å². The van der Waals surface area contributed by atoms with Gasteiger partial charge in [0, 0.05) is 61.6 Å². The highest BCUT2D eigenvalue weighted by molar-refractivity contribution is 5.98. The molecule has 0 spiro atoms. The minimum absolute atomic E-state index is 0.157. The molecule has 5 heterocycles. The van der Waals surface area contributed by atoms with Crippen molar-refractivity contribution >= 4 is 27.6 Å². The number of aromatic amines is 2. The minimum atomic E-state index is -0.542. The molecule has 0 radical (unpaired) electrons. The zero-order valence-electron chi connectivity index (χ0n) is 25.9. The number of hydrogen-bond acceptors (Lipinski definition) is 8. The van der Waals surface area contributed by atoms with E-state index in [0.29, 0.717) is 70.1 Å². The second kappa shape index (κ2) is 13.0. The molecule has 0 aliphatic heterocycles. The summed E-state index contributed by atoms with van der Waals surface area (Å²) >= 11 is 0. The van der Waals surface area contributed by atoms with Crippen LogP contribution in [0.1, 0.15) is 11.1 Å². The molecule has 0 bridgehead atoms. The molecule has 0 aliphatic rings. The first-order valence-electron chi connectivity index (χ1n) is 15.2. The van der Waals surface area contributed by atoms with Crippen LogP contribution in [0.15, 0.2) is 85.6 Å². The van der Waals surface area contributed by atoms with E-state index in [1.165, 1.54) is 17.7 Å². The van der Waals surface area contributed by atoms with Crippen molar-refractivity contribution in [3.05, 3.63) is 108 Å². The zero-order valence-corrected chi connectivity index (χ0v) is 25.9. The van der Waals surface area contributed by atoms with Crippen LogP contribution in [0.25, 0.3) is 55.8 Å². The van der Waals surface area contributed by atoms with Gasteiger partial charge in [-0.2, -0.15) is 5.10 Å². The van der Waals surface area contributed by atoms with Crippen LogP contribution in [-0.2, 0) is 13.1 Å². The lowest BCUT2D eigenvalue weighted by Crippen LogP contribution is -2.20. The molecule has 0 atom stereocenters. The molecule has 0 amide bonds. The molecule has 47 heavy (non-hydrogen) atoms. The number of imidazole rings is 1. The van der Waals surface area contributed by atoms with Gasteiger partial charge in [-0.05, 0) is 55.1 Å². The average molecular weight is 631 g/mol. The Bertz CT molecular complexity index is 2180. The monoisotopic (exact) mass is 630 g/mol. The third kappa shape index (κ3) is 6.41. The van der Waals surface area contributed by atoms with Gasteiger partial charge in [-0.3, -0.25) is 20.1 Å². The molecule has 7 aromatic rings. The topological polar surface area (TPSA) is 123 Å². The average Bonchev–Trinajstić information content (AvgIpc) is 3.70. The van der Waals surface area contributed by atoms with Crippen LogP contribution in [-0.4, -0.2) is 67.2 Å². The van der Waals surface area contributed by atoms with E-state index in [1.54, 1.807) is 31.0 Å². The molecule has 236 valence electrons. The molecular formula is C35H32F2N10. The first-order chi connectivity index (χ1) is 22.9. The second-order valence-corrected chi connectivity index (χ2v) is 11.6. The van der Waals surface area contributed by atoms with Gasteiger partial charge in [0.2, 0.25) is 0 Å². The maximum absolute atomic E-state index is 16.3. The number of nitrogens with one attached hydrogen (secondary N) is 4. The fraction of sp³-hybridized carbons (Fsp3) is 0.171. The van der Waals surface area contributed by atoms with E-state index in [9.17, 15) is 4.39 Å². The second-order valence-electron chi connectivity index (χ2n) is 11.6. The number of aromatic nitrogens is 7. The SMILES string of the molecule is CN(C)CCNc1cc(F)cc(-c2cncc3[nH]c(-c4n[nH]c5cnc(-c6cncc(CNCc7ccccc7)c6)c(F)c45)nc23)c1. The van der Waals surface area contributed by atoms with Gasteiger partial charge < -0.3 is 20.5 Å². The van der Waals surface area contributed by atoms with Crippen molar-refractivity contribution in [3.8, 4) is 33.9 Å². The Kier molecular flexibility index (Phi) is 8.34.